The Morgan fingerprint density at radius 1 is 1.78 bits per heavy atom. The molecule has 0 fully saturated rings. The fourth-order valence-corrected chi connectivity index (χ4v) is 0.512. The van der Waals surface area contributed by atoms with Gasteiger partial charge in [-0.3, -0.25) is 4.90 Å². The largest absolute Gasteiger partial charge is 0.399 e. The van der Waals surface area contributed by atoms with Crippen LogP contribution < -0.4 is 11.5 Å². The number of amides is 2. The van der Waals surface area contributed by atoms with E-state index < -0.39 is 6.03 Å². The Morgan fingerprint density at radius 3 is 2.33 bits per heavy atom. The van der Waals surface area contributed by atoms with Crippen LogP contribution in [0.25, 0.3) is 0 Å². The minimum Gasteiger partial charge on any atom is -0.399 e. The Balaban J connectivity index is 0.000000640. The standard InChI is InChI=1S/C4H7N3O.ClH/c5-3-1-7(2-3)4(6)8;/h1H,2,5H2,(H2,6,8);1H. The molecule has 1 aliphatic heterocycles. The third-order valence-electron chi connectivity index (χ3n) is 0.958. The van der Waals surface area contributed by atoms with Gasteiger partial charge in [-0.2, -0.15) is 0 Å². The minimum absolute atomic E-state index is 0. The average molecular weight is 150 g/mol. The van der Waals surface area contributed by atoms with Gasteiger partial charge in [0.05, 0.1) is 6.54 Å². The number of primary amides is 1. The lowest BCUT2D eigenvalue weighted by Crippen LogP contribution is -2.41. The number of urea groups is 1. The van der Waals surface area contributed by atoms with E-state index in [1.54, 1.807) is 0 Å². The highest BCUT2D eigenvalue weighted by Gasteiger charge is 2.15. The number of carbonyl (C=O) groups is 1. The summed E-state index contributed by atoms with van der Waals surface area (Å²) in [4.78, 5) is 11.5. The molecule has 5 heteroatoms. The molecule has 1 aliphatic rings. The van der Waals surface area contributed by atoms with Gasteiger partial charge in [-0.1, -0.05) is 0 Å². The molecule has 4 nitrogen and oxygen atoms in total. The predicted molar refractivity (Wildman–Crippen MR) is 35.8 cm³/mol. The Bertz CT molecular complexity index is 156. The van der Waals surface area contributed by atoms with E-state index in [9.17, 15) is 4.79 Å². The van der Waals surface area contributed by atoms with E-state index in [2.05, 4.69) is 0 Å². The van der Waals surface area contributed by atoms with Crippen molar-refractivity contribution in [3.8, 4) is 0 Å². The highest BCUT2D eigenvalue weighted by molar-refractivity contribution is 5.85. The molecular weight excluding hydrogens is 142 g/mol. The van der Waals surface area contributed by atoms with Gasteiger partial charge < -0.3 is 11.5 Å². The van der Waals surface area contributed by atoms with Crippen molar-refractivity contribution >= 4 is 18.4 Å². The molecule has 9 heavy (non-hydrogen) atoms. The second-order valence-electron chi connectivity index (χ2n) is 1.67. The van der Waals surface area contributed by atoms with Gasteiger partial charge >= 0.3 is 6.03 Å². The van der Waals surface area contributed by atoms with Crippen LogP contribution in [0.5, 0.6) is 0 Å². The summed E-state index contributed by atoms with van der Waals surface area (Å²) in [6.45, 7) is 0.481. The molecule has 4 N–H and O–H groups in total. The van der Waals surface area contributed by atoms with Crippen molar-refractivity contribution in [1.29, 1.82) is 0 Å². The minimum atomic E-state index is -0.445. The highest BCUT2D eigenvalue weighted by atomic mass is 35.5. The fourth-order valence-electron chi connectivity index (χ4n) is 0.512. The molecule has 0 aromatic heterocycles. The summed E-state index contributed by atoms with van der Waals surface area (Å²) in [6.07, 6.45) is 1.52. The Hall–Kier alpha value is -0.900. The van der Waals surface area contributed by atoms with E-state index in [4.69, 9.17) is 11.5 Å². The second-order valence-corrected chi connectivity index (χ2v) is 1.67. The zero-order valence-corrected chi connectivity index (χ0v) is 5.52. The van der Waals surface area contributed by atoms with Crippen LogP contribution in [-0.4, -0.2) is 17.5 Å². The van der Waals surface area contributed by atoms with Crippen molar-refractivity contribution in [2.45, 2.75) is 0 Å². The normalized spacial score (nSPS) is 15.1. The molecule has 0 spiro atoms. The van der Waals surface area contributed by atoms with Crippen LogP contribution >= 0.6 is 12.4 Å². The van der Waals surface area contributed by atoms with E-state index >= 15 is 0 Å². The third-order valence-corrected chi connectivity index (χ3v) is 0.958. The van der Waals surface area contributed by atoms with Gasteiger partial charge in [0.25, 0.3) is 0 Å². The van der Waals surface area contributed by atoms with E-state index in [1.807, 2.05) is 0 Å². The Morgan fingerprint density at radius 2 is 2.22 bits per heavy atom. The molecule has 1 rings (SSSR count). The smallest absolute Gasteiger partial charge is 0.319 e. The molecule has 2 amide bonds. The summed E-state index contributed by atoms with van der Waals surface area (Å²) >= 11 is 0. The number of rotatable bonds is 0. The molecule has 0 bridgehead atoms. The van der Waals surface area contributed by atoms with E-state index in [0.717, 1.165) is 0 Å². The number of nitrogens with zero attached hydrogens (tertiary/aromatic N) is 1. The summed E-state index contributed by atoms with van der Waals surface area (Å²) in [5.41, 5.74) is 10.8. The number of nitrogens with two attached hydrogens (primary N) is 2. The maximum atomic E-state index is 10.2. The second kappa shape index (κ2) is 2.59. The first-order valence-electron chi connectivity index (χ1n) is 2.22. The molecule has 0 saturated carbocycles. The first-order chi connectivity index (χ1) is 3.70. The van der Waals surface area contributed by atoms with Gasteiger partial charge in [0.2, 0.25) is 0 Å². The van der Waals surface area contributed by atoms with E-state index in [0.29, 0.717) is 12.2 Å². The Labute approximate surface area is 58.9 Å². The van der Waals surface area contributed by atoms with E-state index in [1.165, 1.54) is 11.1 Å². The van der Waals surface area contributed by atoms with Crippen molar-refractivity contribution in [1.82, 2.24) is 4.90 Å². The molecule has 0 atom stereocenters. The van der Waals surface area contributed by atoms with Crippen LogP contribution in [0.1, 0.15) is 0 Å². The molecule has 0 unspecified atom stereocenters. The van der Waals surface area contributed by atoms with Crippen molar-refractivity contribution in [2.75, 3.05) is 6.54 Å². The lowest BCUT2D eigenvalue weighted by Gasteiger charge is -2.24. The summed E-state index contributed by atoms with van der Waals surface area (Å²) in [5.74, 6) is 0. The quantitative estimate of drug-likeness (QED) is 0.492. The summed E-state index contributed by atoms with van der Waals surface area (Å²) in [7, 11) is 0. The molecule has 52 valence electrons. The topological polar surface area (TPSA) is 72.4 Å². The molecule has 0 aromatic carbocycles. The zero-order valence-electron chi connectivity index (χ0n) is 4.70. The SMILES string of the molecule is Cl.NC(=O)N1C=C(N)C1. The van der Waals surface area contributed by atoms with Crippen LogP contribution in [0.4, 0.5) is 4.79 Å². The van der Waals surface area contributed by atoms with Crippen LogP contribution in [0, 0.1) is 0 Å². The summed E-state index contributed by atoms with van der Waals surface area (Å²) < 4.78 is 0. The van der Waals surface area contributed by atoms with Crippen LogP contribution in [0.3, 0.4) is 0 Å². The van der Waals surface area contributed by atoms with Crippen molar-refractivity contribution in [3.05, 3.63) is 11.9 Å². The maximum Gasteiger partial charge on any atom is 0.319 e. The van der Waals surface area contributed by atoms with Crippen LogP contribution in [0.15, 0.2) is 11.9 Å². The molecule has 0 radical (unpaired) electrons. The van der Waals surface area contributed by atoms with Gasteiger partial charge in [0.1, 0.15) is 0 Å². The number of hydrogen-bond acceptors (Lipinski definition) is 2. The molecule has 0 aliphatic carbocycles. The van der Waals surface area contributed by atoms with Gasteiger partial charge in [-0.15, -0.1) is 12.4 Å². The van der Waals surface area contributed by atoms with Crippen molar-refractivity contribution in [2.24, 2.45) is 11.5 Å². The van der Waals surface area contributed by atoms with Gasteiger partial charge in [0.15, 0.2) is 0 Å². The van der Waals surface area contributed by atoms with Crippen LogP contribution in [-0.2, 0) is 0 Å². The maximum absolute atomic E-state index is 10.2. The number of hydrogen-bond donors (Lipinski definition) is 2. The van der Waals surface area contributed by atoms with Crippen molar-refractivity contribution < 1.29 is 4.79 Å². The summed E-state index contributed by atoms with van der Waals surface area (Å²) in [6, 6.07) is -0.445. The van der Waals surface area contributed by atoms with Crippen molar-refractivity contribution in [3.63, 3.8) is 0 Å². The molecule has 0 saturated heterocycles. The van der Waals surface area contributed by atoms with E-state index in [-0.39, 0.29) is 12.4 Å². The summed E-state index contributed by atoms with van der Waals surface area (Å²) in [5, 5.41) is 0. The lowest BCUT2D eigenvalue weighted by molar-refractivity contribution is 0.221. The third kappa shape index (κ3) is 1.50. The molecule has 1 heterocycles. The first kappa shape index (κ1) is 8.10. The number of carbonyl (C=O) groups excluding carboxylic acids is 1. The average Bonchev–Trinajstić information content (AvgIpc) is 1.57. The van der Waals surface area contributed by atoms with Gasteiger partial charge in [-0.05, 0) is 0 Å². The predicted octanol–water partition coefficient (Wildman–Crippen LogP) is -0.397. The lowest BCUT2D eigenvalue weighted by atomic mass is 10.3. The van der Waals surface area contributed by atoms with Gasteiger partial charge in [-0.25, -0.2) is 4.79 Å². The zero-order chi connectivity index (χ0) is 6.15. The Kier molecular flexibility index (Phi) is 2.33. The molecule has 0 aromatic rings. The molecular formula is C4H8ClN3O. The highest BCUT2D eigenvalue weighted by Crippen LogP contribution is 2.05. The monoisotopic (exact) mass is 149 g/mol. The van der Waals surface area contributed by atoms with Crippen LogP contribution in [0.2, 0.25) is 0 Å². The first-order valence-corrected chi connectivity index (χ1v) is 2.22. The number of halogens is 1. The fraction of sp³-hybridized carbons (Fsp3) is 0.250. The van der Waals surface area contributed by atoms with Gasteiger partial charge in [0, 0.05) is 11.9 Å².